The average molecular weight is 228 g/mol. The molecule has 1 heterocycles. The fraction of sp³-hybridized carbons (Fsp3) is 0.750. The normalized spacial score (nSPS) is 29.4. The van der Waals surface area contributed by atoms with Crippen molar-refractivity contribution in [1.82, 2.24) is 0 Å². The predicted octanol–water partition coefficient (Wildman–Crippen LogP) is 1.89. The van der Waals surface area contributed by atoms with Gasteiger partial charge < -0.3 is 14.2 Å². The molecular formula is C12H20O4. The standard InChI is InChI=1S/C12H20O4/c1-5-11(13)14-7-10-8-15-12(4,16-10)6-9(2)3/h5,9-10H,1,6-8H2,2-4H3. The van der Waals surface area contributed by atoms with Gasteiger partial charge >= 0.3 is 5.97 Å². The number of ether oxygens (including phenoxy) is 3. The van der Waals surface area contributed by atoms with Crippen LogP contribution >= 0.6 is 0 Å². The molecule has 0 aliphatic carbocycles. The Morgan fingerprint density at radius 2 is 2.38 bits per heavy atom. The summed E-state index contributed by atoms with van der Waals surface area (Å²) < 4.78 is 16.2. The van der Waals surface area contributed by atoms with Crippen LogP contribution in [0.1, 0.15) is 27.2 Å². The Balaban J connectivity index is 2.34. The molecule has 0 amide bonds. The lowest BCUT2D eigenvalue weighted by Gasteiger charge is -2.25. The summed E-state index contributed by atoms with van der Waals surface area (Å²) in [5.41, 5.74) is 0. The van der Waals surface area contributed by atoms with Crippen molar-refractivity contribution in [3.8, 4) is 0 Å². The number of rotatable bonds is 5. The van der Waals surface area contributed by atoms with Crippen LogP contribution in [-0.4, -0.2) is 31.1 Å². The lowest BCUT2D eigenvalue weighted by Crippen LogP contribution is -2.29. The second-order valence-corrected chi connectivity index (χ2v) is 4.62. The van der Waals surface area contributed by atoms with Crippen LogP contribution < -0.4 is 0 Å². The van der Waals surface area contributed by atoms with Crippen LogP contribution in [0.5, 0.6) is 0 Å². The van der Waals surface area contributed by atoms with Crippen molar-refractivity contribution >= 4 is 5.97 Å². The van der Waals surface area contributed by atoms with Crippen LogP contribution in [0.2, 0.25) is 0 Å². The summed E-state index contributed by atoms with van der Waals surface area (Å²) in [6, 6.07) is 0. The zero-order chi connectivity index (χ0) is 12.2. The topological polar surface area (TPSA) is 44.8 Å². The quantitative estimate of drug-likeness (QED) is 0.532. The van der Waals surface area contributed by atoms with Gasteiger partial charge in [-0.3, -0.25) is 0 Å². The minimum atomic E-state index is -0.542. The molecule has 16 heavy (non-hydrogen) atoms. The molecule has 1 aliphatic heterocycles. The molecule has 0 saturated carbocycles. The maximum atomic E-state index is 10.9. The summed E-state index contributed by atoms with van der Waals surface area (Å²) in [5, 5.41) is 0. The summed E-state index contributed by atoms with van der Waals surface area (Å²) in [4.78, 5) is 10.9. The highest BCUT2D eigenvalue weighted by Gasteiger charge is 2.37. The maximum absolute atomic E-state index is 10.9. The van der Waals surface area contributed by atoms with Gasteiger partial charge in [-0.25, -0.2) is 4.79 Å². The van der Waals surface area contributed by atoms with Gasteiger partial charge in [-0.2, -0.15) is 0 Å². The van der Waals surface area contributed by atoms with E-state index >= 15 is 0 Å². The Kier molecular flexibility index (Phi) is 4.50. The molecular weight excluding hydrogens is 208 g/mol. The van der Waals surface area contributed by atoms with Crippen LogP contribution in [0, 0.1) is 5.92 Å². The second-order valence-electron chi connectivity index (χ2n) is 4.62. The van der Waals surface area contributed by atoms with Crippen LogP contribution in [0.4, 0.5) is 0 Å². The summed E-state index contributed by atoms with van der Waals surface area (Å²) in [6.07, 6.45) is 1.80. The van der Waals surface area contributed by atoms with Crippen LogP contribution in [0.3, 0.4) is 0 Å². The average Bonchev–Trinajstić information content (AvgIpc) is 2.55. The monoisotopic (exact) mass is 228 g/mol. The fourth-order valence-corrected chi connectivity index (χ4v) is 1.85. The molecule has 1 aliphatic rings. The van der Waals surface area contributed by atoms with Gasteiger partial charge in [0.05, 0.1) is 6.61 Å². The minimum absolute atomic E-state index is 0.173. The van der Waals surface area contributed by atoms with E-state index in [0.717, 1.165) is 12.5 Å². The molecule has 1 saturated heterocycles. The third-order valence-electron chi connectivity index (χ3n) is 2.35. The van der Waals surface area contributed by atoms with Crippen LogP contribution in [-0.2, 0) is 19.0 Å². The van der Waals surface area contributed by atoms with E-state index in [9.17, 15) is 4.79 Å². The van der Waals surface area contributed by atoms with Gasteiger partial charge in [-0.05, 0) is 12.8 Å². The highest BCUT2D eigenvalue weighted by Crippen LogP contribution is 2.29. The van der Waals surface area contributed by atoms with Crippen molar-refractivity contribution in [1.29, 1.82) is 0 Å². The molecule has 92 valence electrons. The number of esters is 1. The van der Waals surface area contributed by atoms with Gasteiger partial charge in [0.1, 0.15) is 12.7 Å². The Bertz CT molecular complexity index is 262. The second kappa shape index (κ2) is 5.46. The van der Waals surface area contributed by atoms with Crippen molar-refractivity contribution in [2.45, 2.75) is 39.1 Å². The van der Waals surface area contributed by atoms with Crippen molar-refractivity contribution in [3.05, 3.63) is 12.7 Å². The lowest BCUT2D eigenvalue weighted by atomic mass is 10.0. The number of hydrogen-bond acceptors (Lipinski definition) is 4. The smallest absolute Gasteiger partial charge is 0.330 e. The number of hydrogen-bond donors (Lipinski definition) is 0. The van der Waals surface area contributed by atoms with Crippen molar-refractivity contribution < 1.29 is 19.0 Å². The summed E-state index contributed by atoms with van der Waals surface area (Å²) in [6.45, 7) is 10.2. The largest absolute Gasteiger partial charge is 0.460 e. The summed E-state index contributed by atoms with van der Waals surface area (Å²) in [5.74, 6) is -0.472. The SMILES string of the molecule is C=CC(=O)OCC1COC(C)(CC(C)C)O1. The Labute approximate surface area is 96.6 Å². The van der Waals surface area contributed by atoms with E-state index in [-0.39, 0.29) is 12.7 Å². The molecule has 0 radical (unpaired) electrons. The van der Waals surface area contributed by atoms with Gasteiger partial charge in [0.15, 0.2) is 5.79 Å². The summed E-state index contributed by atoms with van der Waals surface area (Å²) >= 11 is 0. The van der Waals surface area contributed by atoms with E-state index in [1.165, 1.54) is 0 Å². The molecule has 0 aromatic rings. The van der Waals surface area contributed by atoms with Gasteiger partial charge in [0.25, 0.3) is 0 Å². The molecule has 0 bridgehead atoms. The molecule has 4 heteroatoms. The molecule has 2 atom stereocenters. The van der Waals surface area contributed by atoms with E-state index in [2.05, 4.69) is 20.4 Å². The maximum Gasteiger partial charge on any atom is 0.330 e. The summed E-state index contributed by atoms with van der Waals surface area (Å²) in [7, 11) is 0. The molecule has 1 fully saturated rings. The van der Waals surface area contributed by atoms with Crippen LogP contribution in [0.15, 0.2) is 12.7 Å². The Morgan fingerprint density at radius 3 is 2.94 bits per heavy atom. The first-order valence-electron chi connectivity index (χ1n) is 5.56. The fourth-order valence-electron chi connectivity index (χ4n) is 1.85. The highest BCUT2D eigenvalue weighted by molar-refractivity contribution is 5.81. The van der Waals surface area contributed by atoms with Gasteiger partial charge in [0, 0.05) is 12.5 Å². The minimum Gasteiger partial charge on any atom is -0.460 e. The van der Waals surface area contributed by atoms with Gasteiger partial charge in [-0.15, -0.1) is 0 Å². The number of carbonyl (C=O) groups excluding carboxylic acids is 1. The van der Waals surface area contributed by atoms with Crippen molar-refractivity contribution in [2.75, 3.05) is 13.2 Å². The van der Waals surface area contributed by atoms with E-state index in [0.29, 0.717) is 12.5 Å². The van der Waals surface area contributed by atoms with E-state index in [1.807, 2.05) is 6.92 Å². The van der Waals surface area contributed by atoms with Gasteiger partial charge in [0.2, 0.25) is 0 Å². The third kappa shape index (κ3) is 3.94. The third-order valence-corrected chi connectivity index (χ3v) is 2.35. The Morgan fingerprint density at radius 1 is 1.69 bits per heavy atom. The first kappa shape index (κ1) is 13.2. The highest BCUT2D eigenvalue weighted by atomic mass is 16.7. The first-order chi connectivity index (χ1) is 7.45. The predicted molar refractivity (Wildman–Crippen MR) is 59.8 cm³/mol. The van der Waals surface area contributed by atoms with Crippen molar-refractivity contribution in [2.24, 2.45) is 5.92 Å². The molecule has 0 N–H and O–H groups in total. The molecule has 0 aromatic heterocycles. The van der Waals surface area contributed by atoms with Gasteiger partial charge in [-0.1, -0.05) is 20.4 Å². The number of carbonyl (C=O) groups is 1. The molecule has 2 unspecified atom stereocenters. The molecule has 0 aromatic carbocycles. The zero-order valence-electron chi connectivity index (χ0n) is 10.2. The zero-order valence-corrected chi connectivity index (χ0v) is 10.2. The Hall–Kier alpha value is -0.870. The molecule has 4 nitrogen and oxygen atoms in total. The lowest BCUT2D eigenvalue weighted by molar-refractivity contribution is -0.172. The molecule has 1 rings (SSSR count). The van der Waals surface area contributed by atoms with E-state index in [1.54, 1.807) is 0 Å². The molecule has 0 spiro atoms. The van der Waals surface area contributed by atoms with E-state index in [4.69, 9.17) is 14.2 Å². The van der Waals surface area contributed by atoms with Crippen molar-refractivity contribution in [3.63, 3.8) is 0 Å². The van der Waals surface area contributed by atoms with E-state index < -0.39 is 11.8 Å². The first-order valence-corrected chi connectivity index (χ1v) is 5.56. The van der Waals surface area contributed by atoms with Crippen LogP contribution in [0.25, 0.3) is 0 Å².